The van der Waals surface area contributed by atoms with Crippen molar-refractivity contribution in [1.29, 1.82) is 0 Å². The van der Waals surface area contributed by atoms with Gasteiger partial charge in [-0.1, -0.05) is 24.3 Å². The lowest BCUT2D eigenvalue weighted by molar-refractivity contribution is -0.165. The van der Waals surface area contributed by atoms with E-state index >= 15 is 0 Å². The minimum absolute atomic E-state index is 0.171. The molecule has 0 aromatic heterocycles. The fraction of sp³-hybridized carbons (Fsp3) is 0.391. The standard InChI is InChI=1S/C23H26N2O6/c1-13(2)24(14(3)4)25-20(27)18(21(28)30-5)19(22(29)31-6)23(25)12-11-17(26)15-9-7-8-10-16(15)23/h7-14H,1-6H3. The predicted octanol–water partition coefficient (Wildman–Crippen LogP) is 2.15. The zero-order chi connectivity index (χ0) is 23.1. The van der Waals surface area contributed by atoms with E-state index in [1.807, 2.05) is 27.7 Å². The molecule has 0 N–H and O–H groups in total. The maximum absolute atomic E-state index is 13.8. The van der Waals surface area contributed by atoms with Gasteiger partial charge in [0.15, 0.2) is 5.78 Å². The van der Waals surface area contributed by atoms with E-state index in [1.165, 1.54) is 24.3 Å². The van der Waals surface area contributed by atoms with Crippen molar-refractivity contribution in [1.82, 2.24) is 10.0 Å². The third-order valence-electron chi connectivity index (χ3n) is 5.52. The summed E-state index contributed by atoms with van der Waals surface area (Å²) in [5.41, 5.74) is -1.36. The number of benzene rings is 1. The molecule has 0 saturated carbocycles. The lowest BCUT2D eigenvalue weighted by Crippen LogP contribution is -2.60. The smallest absolute Gasteiger partial charge is 0.344 e. The summed E-state index contributed by atoms with van der Waals surface area (Å²) in [5, 5.41) is 3.18. The number of hydrogen-bond acceptors (Lipinski definition) is 7. The molecule has 1 amide bonds. The first-order valence-corrected chi connectivity index (χ1v) is 10.0. The number of allylic oxidation sites excluding steroid dienone is 1. The van der Waals surface area contributed by atoms with E-state index in [2.05, 4.69) is 0 Å². The van der Waals surface area contributed by atoms with Gasteiger partial charge in [-0.25, -0.2) is 14.6 Å². The summed E-state index contributed by atoms with van der Waals surface area (Å²) in [6, 6.07) is 6.39. The van der Waals surface area contributed by atoms with Crippen molar-refractivity contribution >= 4 is 23.6 Å². The van der Waals surface area contributed by atoms with Gasteiger partial charge in [0, 0.05) is 17.6 Å². The summed E-state index contributed by atoms with van der Waals surface area (Å²) in [6.45, 7) is 7.61. The minimum Gasteiger partial charge on any atom is -0.466 e. The molecular formula is C23H26N2O6. The summed E-state index contributed by atoms with van der Waals surface area (Å²) >= 11 is 0. The monoisotopic (exact) mass is 426 g/mol. The van der Waals surface area contributed by atoms with Gasteiger partial charge in [-0.15, -0.1) is 0 Å². The van der Waals surface area contributed by atoms with Crippen LogP contribution in [0, 0.1) is 0 Å². The highest BCUT2D eigenvalue weighted by atomic mass is 16.5. The van der Waals surface area contributed by atoms with Gasteiger partial charge >= 0.3 is 11.9 Å². The maximum Gasteiger partial charge on any atom is 0.344 e. The summed E-state index contributed by atoms with van der Waals surface area (Å²) in [6.07, 6.45) is 2.82. The molecule has 8 nitrogen and oxygen atoms in total. The number of hydrogen-bond donors (Lipinski definition) is 0. The van der Waals surface area contributed by atoms with Crippen molar-refractivity contribution in [2.75, 3.05) is 14.2 Å². The molecule has 2 aliphatic rings. The third-order valence-corrected chi connectivity index (χ3v) is 5.52. The number of methoxy groups -OCH3 is 2. The fourth-order valence-electron chi connectivity index (χ4n) is 4.47. The first kappa shape index (κ1) is 22.4. The molecule has 1 aliphatic carbocycles. The molecule has 1 aromatic carbocycles. The molecule has 164 valence electrons. The largest absolute Gasteiger partial charge is 0.466 e. The van der Waals surface area contributed by atoms with Crippen LogP contribution in [0.4, 0.5) is 0 Å². The normalized spacial score (nSPS) is 20.4. The molecule has 31 heavy (non-hydrogen) atoms. The Labute approximate surface area is 181 Å². The number of fused-ring (bicyclic) bond motifs is 2. The molecule has 1 aliphatic heterocycles. The zero-order valence-electron chi connectivity index (χ0n) is 18.5. The Morgan fingerprint density at radius 1 is 0.968 bits per heavy atom. The highest BCUT2D eigenvalue weighted by Crippen LogP contribution is 2.50. The second-order valence-electron chi connectivity index (χ2n) is 7.93. The molecule has 0 fully saturated rings. The van der Waals surface area contributed by atoms with Crippen molar-refractivity contribution in [3.63, 3.8) is 0 Å². The molecule has 1 atom stereocenters. The quantitative estimate of drug-likeness (QED) is 0.526. The second kappa shape index (κ2) is 8.11. The average molecular weight is 426 g/mol. The van der Waals surface area contributed by atoms with Gasteiger partial charge < -0.3 is 9.47 Å². The number of ether oxygens (including phenoxy) is 2. The van der Waals surface area contributed by atoms with E-state index < -0.39 is 29.0 Å². The fourth-order valence-corrected chi connectivity index (χ4v) is 4.47. The summed E-state index contributed by atoms with van der Waals surface area (Å²) < 4.78 is 9.86. The van der Waals surface area contributed by atoms with Crippen LogP contribution < -0.4 is 0 Å². The van der Waals surface area contributed by atoms with Crippen LogP contribution in [-0.2, 0) is 29.4 Å². The highest BCUT2D eigenvalue weighted by Gasteiger charge is 2.60. The first-order valence-electron chi connectivity index (χ1n) is 10.0. The third kappa shape index (κ3) is 3.18. The van der Waals surface area contributed by atoms with Crippen LogP contribution in [-0.4, -0.2) is 60.0 Å². The van der Waals surface area contributed by atoms with Crippen molar-refractivity contribution < 1.29 is 28.7 Å². The Bertz CT molecular complexity index is 1010. The molecule has 3 rings (SSSR count). The van der Waals surface area contributed by atoms with Gasteiger partial charge in [0.25, 0.3) is 5.91 Å². The summed E-state index contributed by atoms with van der Waals surface area (Å²) in [5.74, 6) is -2.74. The van der Waals surface area contributed by atoms with Crippen LogP contribution in [0.25, 0.3) is 0 Å². The highest BCUT2D eigenvalue weighted by molar-refractivity contribution is 6.25. The van der Waals surface area contributed by atoms with Crippen LogP contribution in [0.3, 0.4) is 0 Å². The Morgan fingerprint density at radius 3 is 2.10 bits per heavy atom. The van der Waals surface area contributed by atoms with Gasteiger partial charge in [0.2, 0.25) is 0 Å². The van der Waals surface area contributed by atoms with Gasteiger partial charge in [-0.3, -0.25) is 14.6 Å². The van der Waals surface area contributed by atoms with Crippen LogP contribution in [0.1, 0.15) is 43.6 Å². The van der Waals surface area contributed by atoms with Crippen LogP contribution in [0.2, 0.25) is 0 Å². The maximum atomic E-state index is 13.8. The van der Waals surface area contributed by atoms with Crippen molar-refractivity contribution in [2.24, 2.45) is 0 Å². The van der Waals surface area contributed by atoms with E-state index in [0.29, 0.717) is 11.1 Å². The second-order valence-corrected chi connectivity index (χ2v) is 7.93. The number of rotatable bonds is 5. The average Bonchev–Trinajstić information content (AvgIpc) is 2.99. The number of carbonyl (C=O) groups excluding carboxylic acids is 4. The Hall–Kier alpha value is -3.26. The number of carbonyl (C=O) groups is 4. The number of esters is 2. The van der Waals surface area contributed by atoms with Gasteiger partial charge in [-0.05, 0) is 45.4 Å². The van der Waals surface area contributed by atoms with E-state index in [-0.39, 0.29) is 23.4 Å². The van der Waals surface area contributed by atoms with Crippen LogP contribution >= 0.6 is 0 Å². The molecule has 0 bridgehead atoms. The number of amides is 1. The van der Waals surface area contributed by atoms with E-state index in [4.69, 9.17) is 9.47 Å². The van der Waals surface area contributed by atoms with Gasteiger partial charge in [-0.2, -0.15) is 0 Å². The zero-order valence-corrected chi connectivity index (χ0v) is 18.5. The Balaban J connectivity index is 2.49. The topological polar surface area (TPSA) is 93.2 Å². The summed E-state index contributed by atoms with van der Waals surface area (Å²) in [4.78, 5) is 52.2. The van der Waals surface area contributed by atoms with E-state index in [9.17, 15) is 19.2 Å². The molecule has 0 radical (unpaired) electrons. The van der Waals surface area contributed by atoms with Crippen molar-refractivity contribution in [3.05, 3.63) is 58.7 Å². The SMILES string of the molecule is COC(=O)C1=C(C(=O)OC)C2(C=CC(=O)c3ccccc32)N(N(C(C)C)C(C)C)C1=O. The summed E-state index contributed by atoms with van der Waals surface area (Å²) in [7, 11) is 2.32. The predicted molar refractivity (Wildman–Crippen MR) is 112 cm³/mol. The lowest BCUT2D eigenvalue weighted by Gasteiger charge is -2.49. The molecule has 0 saturated heterocycles. The van der Waals surface area contributed by atoms with Gasteiger partial charge in [0.05, 0.1) is 19.8 Å². The van der Waals surface area contributed by atoms with Gasteiger partial charge in [0.1, 0.15) is 11.1 Å². The number of ketones is 1. The molecule has 1 heterocycles. The minimum atomic E-state index is -1.53. The van der Waals surface area contributed by atoms with Crippen molar-refractivity contribution in [2.45, 2.75) is 45.3 Å². The number of hydrazine groups is 1. The van der Waals surface area contributed by atoms with E-state index in [1.54, 1.807) is 29.3 Å². The Kier molecular flexibility index (Phi) is 5.87. The van der Waals surface area contributed by atoms with Crippen LogP contribution in [0.5, 0.6) is 0 Å². The number of nitrogens with zero attached hydrogens (tertiary/aromatic N) is 2. The molecule has 8 heteroatoms. The van der Waals surface area contributed by atoms with Crippen LogP contribution in [0.15, 0.2) is 47.6 Å². The Morgan fingerprint density at radius 2 is 1.55 bits per heavy atom. The van der Waals surface area contributed by atoms with E-state index in [0.717, 1.165) is 7.11 Å². The molecule has 1 unspecified atom stereocenters. The molecule has 1 spiro atoms. The molecular weight excluding hydrogens is 400 g/mol. The lowest BCUT2D eigenvalue weighted by atomic mass is 9.75. The molecule has 1 aromatic rings. The first-order chi connectivity index (χ1) is 14.6. The van der Waals surface area contributed by atoms with Crippen molar-refractivity contribution in [3.8, 4) is 0 Å².